The lowest BCUT2D eigenvalue weighted by Gasteiger charge is -2.06. The topological polar surface area (TPSA) is 89.5 Å². The van der Waals surface area contributed by atoms with E-state index in [1.807, 2.05) is 37.3 Å². The van der Waals surface area contributed by atoms with Crippen molar-refractivity contribution >= 4 is 22.5 Å². The molecule has 0 aliphatic carbocycles. The summed E-state index contributed by atoms with van der Waals surface area (Å²) in [5, 5.41) is 13.9. The zero-order chi connectivity index (χ0) is 18.3. The average molecular weight is 348 g/mol. The van der Waals surface area contributed by atoms with E-state index >= 15 is 0 Å². The summed E-state index contributed by atoms with van der Waals surface area (Å²) in [5.74, 6) is -1.07. The molecule has 0 atom stereocenters. The van der Waals surface area contributed by atoms with Gasteiger partial charge in [-0.1, -0.05) is 37.3 Å². The molecule has 0 saturated heterocycles. The maximum absolute atomic E-state index is 12.6. The Labute approximate surface area is 148 Å². The number of pyridine rings is 1. The Morgan fingerprint density at radius 2 is 1.96 bits per heavy atom. The minimum Gasteiger partial charge on any atom is -0.480 e. The maximum atomic E-state index is 12.6. The van der Waals surface area contributed by atoms with Gasteiger partial charge < -0.3 is 9.67 Å². The zero-order valence-corrected chi connectivity index (χ0v) is 14.1. The van der Waals surface area contributed by atoms with Crippen LogP contribution in [0.4, 0.5) is 0 Å². The van der Waals surface area contributed by atoms with Gasteiger partial charge >= 0.3 is 5.97 Å². The van der Waals surface area contributed by atoms with Crippen LogP contribution in [0.25, 0.3) is 27.7 Å². The highest BCUT2D eigenvalue weighted by atomic mass is 16.4. The maximum Gasteiger partial charge on any atom is 0.323 e. The van der Waals surface area contributed by atoms with Crippen molar-refractivity contribution < 1.29 is 9.90 Å². The second-order valence-corrected chi connectivity index (χ2v) is 5.98. The number of carboxylic acids is 1. The molecular formula is C19H16N4O3. The molecule has 4 rings (SSSR count). The van der Waals surface area contributed by atoms with Gasteiger partial charge in [-0.15, -0.1) is 0 Å². The van der Waals surface area contributed by atoms with E-state index in [0.717, 1.165) is 27.8 Å². The number of benzene rings is 1. The highest BCUT2D eigenvalue weighted by Gasteiger charge is 2.17. The molecule has 0 aliphatic rings. The lowest BCUT2D eigenvalue weighted by molar-refractivity contribution is -0.137. The van der Waals surface area contributed by atoms with E-state index in [1.54, 1.807) is 10.6 Å². The van der Waals surface area contributed by atoms with Gasteiger partial charge in [-0.05, 0) is 18.1 Å². The molecule has 130 valence electrons. The number of aliphatic carboxylic acids is 1. The largest absolute Gasteiger partial charge is 0.480 e. The Morgan fingerprint density at radius 1 is 1.19 bits per heavy atom. The molecule has 26 heavy (non-hydrogen) atoms. The van der Waals surface area contributed by atoms with Crippen molar-refractivity contribution in [1.82, 2.24) is 19.2 Å². The molecule has 3 aromatic heterocycles. The average Bonchev–Trinajstić information content (AvgIpc) is 3.03. The van der Waals surface area contributed by atoms with Crippen LogP contribution in [0.5, 0.6) is 0 Å². The van der Waals surface area contributed by atoms with Crippen LogP contribution < -0.4 is 5.56 Å². The smallest absolute Gasteiger partial charge is 0.323 e. The first-order valence-corrected chi connectivity index (χ1v) is 8.27. The van der Waals surface area contributed by atoms with Crippen LogP contribution in [0.1, 0.15) is 12.6 Å². The summed E-state index contributed by atoms with van der Waals surface area (Å²) < 4.78 is 2.82. The molecule has 0 spiro atoms. The first kappa shape index (κ1) is 16.0. The van der Waals surface area contributed by atoms with E-state index in [2.05, 4.69) is 10.1 Å². The zero-order valence-electron chi connectivity index (χ0n) is 14.1. The third kappa shape index (κ3) is 2.45. The van der Waals surface area contributed by atoms with Gasteiger partial charge in [0.1, 0.15) is 6.54 Å². The normalized spacial score (nSPS) is 11.3. The first-order chi connectivity index (χ1) is 12.6. The fourth-order valence-corrected chi connectivity index (χ4v) is 3.17. The van der Waals surface area contributed by atoms with Crippen LogP contribution >= 0.6 is 0 Å². The predicted molar refractivity (Wildman–Crippen MR) is 97.2 cm³/mol. The van der Waals surface area contributed by atoms with Crippen LogP contribution in [0.15, 0.2) is 53.6 Å². The molecule has 0 aliphatic heterocycles. The Hall–Kier alpha value is -3.48. The summed E-state index contributed by atoms with van der Waals surface area (Å²) >= 11 is 0. The Morgan fingerprint density at radius 3 is 2.65 bits per heavy atom. The van der Waals surface area contributed by atoms with E-state index in [9.17, 15) is 9.59 Å². The van der Waals surface area contributed by atoms with Crippen molar-refractivity contribution in [2.75, 3.05) is 0 Å². The number of aryl methyl sites for hydroxylation is 1. The van der Waals surface area contributed by atoms with Crippen molar-refractivity contribution in [3.05, 3.63) is 64.8 Å². The number of hydrogen-bond donors (Lipinski definition) is 1. The van der Waals surface area contributed by atoms with E-state index < -0.39 is 11.5 Å². The number of hydrogen-bond acceptors (Lipinski definition) is 4. The first-order valence-electron chi connectivity index (χ1n) is 8.27. The number of nitrogens with zero attached hydrogens (tertiary/aromatic N) is 4. The molecular weight excluding hydrogens is 332 g/mol. The second-order valence-electron chi connectivity index (χ2n) is 5.98. The molecule has 0 bridgehead atoms. The molecule has 4 aromatic rings. The number of carboxylic acid groups (broad SMARTS) is 1. The Kier molecular flexibility index (Phi) is 3.76. The van der Waals surface area contributed by atoms with Gasteiger partial charge in [0.25, 0.3) is 5.56 Å². The van der Waals surface area contributed by atoms with Gasteiger partial charge in [0.05, 0.1) is 16.6 Å². The molecule has 3 heterocycles. The molecule has 0 fully saturated rings. The molecule has 0 amide bonds. The fourth-order valence-electron chi connectivity index (χ4n) is 3.17. The fraction of sp³-hybridized carbons (Fsp3) is 0.158. The van der Waals surface area contributed by atoms with E-state index in [1.165, 1.54) is 12.4 Å². The van der Waals surface area contributed by atoms with Crippen molar-refractivity contribution in [3.8, 4) is 11.1 Å². The van der Waals surface area contributed by atoms with Crippen molar-refractivity contribution in [2.24, 2.45) is 0 Å². The quantitative estimate of drug-likeness (QED) is 0.611. The van der Waals surface area contributed by atoms with Crippen LogP contribution in [0.3, 0.4) is 0 Å². The van der Waals surface area contributed by atoms with Crippen molar-refractivity contribution in [2.45, 2.75) is 19.9 Å². The predicted octanol–water partition coefficient (Wildman–Crippen LogP) is 2.36. The monoisotopic (exact) mass is 348 g/mol. The number of carbonyl (C=O) groups is 1. The molecule has 1 aromatic carbocycles. The standard InChI is InChI=1S/C19H16N4O3/c1-2-14-17(12-6-4-3-5-7-12)18-20-10-13-15(23(18)21-14)8-9-22(19(13)26)11-16(24)25/h3-10H,2,11H2,1H3,(H,24,25). The summed E-state index contributed by atoms with van der Waals surface area (Å²) in [6.45, 7) is 1.64. The van der Waals surface area contributed by atoms with Crippen molar-refractivity contribution in [3.63, 3.8) is 0 Å². The molecule has 7 heteroatoms. The van der Waals surface area contributed by atoms with Gasteiger partial charge in [-0.2, -0.15) is 5.10 Å². The van der Waals surface area contributed by atoms with Gasteiger partial charge in [-0.3, -0.25) is 9.59 Å². The minimum atomic E-state index is -1.07. The van der Waals surface area contributed by atoms with Gasteiger partial charge in [0, 0.05) is 18.0 Å². The van der Waals surface area contributed by atoms with Crippen LogP contribution in [0, 0.1) is 0 Å². The van der Waals surface area contributed by atoms with Gasteiger partial charge in [0.2, 0.25) is 0 Å². The van der Waals surface area contributed by atoms with Crippen molar-refractivity contribution in [1.29, 1.82) is 0 Å². The SMILES string of the molecule is CCc1nn2c(ncc3c(=O)n(CC(=O)O)ccc32)c1-c1ccccc1. The lowest BCUT2D eigenvalue weighted by atomic mass is 10.0. The van der Waals surface area contributed by atoms with Crippen LogP contribution in [0.2, 0.25) is 0 Å². The summed E-state index contributed by atoms with van der Waals surface area (Å²) in [5.41, 5.74) is 3.75. The van der Waals surface area contributed by atoms with E-state index in [0.29, 0.717) is 16.6 Å². The minimum absolute atomic E-state index is 0.339. The summed E-state index contributed by atoms with van der Waals surface area (Å²) in [4.78, 5) is 28.0. The summed E-state index contributed by atoms with van der Waals surface area (Å²) in [7, 11) is 0. The Bertz CT molecular complexity index is 1190. The van der Waals surface area contributed by atoms with E-state index in [4.69, 9.17) is 5.11 Å². The Balaban J connectivity index is 2.03. The summed E-state index contributed by atoms with van der Waals surface area (Å²) in [6, 6.07) is 11.6. The van der Waals surface area contributed by atoms with Gasteiger partial charge in [-0.25, -0.2) is 9.50 Å². The molecule has 0 radical (unpaired) electrons. The molecule has 7 nitrogen and oxygen atoms in total. The number of rotatable bonds is 4. The number of aromatic nitrogens is 4. The highest BCUT2D eigenvalue weighted by molar-refractivity contribution is 5.86. The third-order valence-electron chi connectivity index (χ3n) is 4.36. The van der Waals surface area contributed by atoms with Gasteiger partial charge in [0.15, 0.2) is 5.65 Å². The lowest BCUT2D eigenvalue weighted by Crippen LogP contribution is -2.24. The molecule has 0 saturated carbocycles. The second kappa shape index (κ2) is 6.11. The number of fused-ring (bicyclic) bond motifs is 3. The summed E-state index contributed by atoms with van der Waals surface area (Å²) in [6.07, 6.45) is 3.71. The third-order valence-corrected chi connectivity index (χ3v) is 4.36. The van der Waals surface area contributed by atoms with Crippen LogP contribution in [-0.2, 0) is 17.8 Å². The molecule has 1 N–H and O–H groups in total. The highest BCUT2D eigenvalue weighted by Crippen LogP contribution is 2.29. The molecule has 0 unspecified atom stereocenters. The van der Waals surface area contributed by atoms with Crippen LogP contribution in [-0.4, -0.2) is 30.2 Å². The van der Waals surface area contributed by atoms with E-state index in [-0.39, 0.29) is 6.54 Å².